The number of carbonyl (C=O) groups is 2. The fourth-order valence-electron chi connectivity index (χ4n) is 5.78. The van der Waals surface area contributed by atoms with Gasteiger partial charge in [0.25, 0.3) is 0 Å². The molecule has 2 heterocycles. The van der Waals surface area contributed by atoms with E-state index in [2.05, 4.69) is 22.0 Å². The summed E-state index contributed by atoms with van der Waals surface area (Å²) in [7, 11) is 0. The lowest BCUT2D eigenvalue weighted by atomic mass is 9.61. The minimum absolute atomic E-state index is 0.190. The number of hydrogen-bond acceptors (Lipinski definition) is 5. The van der Waals surface area contributed by atoms with Gasteiger partial charge in [-0.1, -0.05) is 19.1 Å². The molecule has 3 N–H and O–H groups in total. The fourth-order valence-corrected chi connectivity index (χ4v) is 5.78. The molecule has 1 aromatic carbocycles. The first-order chi connectivity index (χ1) is 15.0. The summed E-state index contributed by atoms with van der Waals surface area (Å²) < 4.78 is 5.54. The molecule has 0 unspecified atom stereocenters. The second kappa shape index (κ2) is 9.67. The van der Waals surface area contributed by atoms with Crippen LogP contribution in [-0.4, -0.2) is 73.6 Å². The van der Waals surface area contributed by atoms with Gasteiger partial charge in [0, 0.05) is 37.8 Å². The van der Waals surface area contributed by atoms with Gasteiger partial charge in [-0.2, -0.15) is 0 Å². The number of ether oxygens (including phenoxy) is 1. The highest BCUT2D eigenvalue weighted by molar-refractivity contribution is 5.92. The Bertz CT molecular complexity index is 778. The molecule has 4 rings (SSSR count). The van der Waals surface area contributed by atoms with Gasteiger partial charge in [-0.3, -0.25) is 14.5 Å². The summed E-state index contributed by atoms with van der Waals surface area (Å²) in [5.41, 5.74) is 6.49. The number of piperidine rings is 1. The Morgan fingerprint density at radius 2 is 1.90 bits per heavy atom. The number of amides is 2. The lowest BCUT2D eigenvalue weighted by molar-refractivity contribution is -0.145. The second-order valence-corrected chi connectivity index (χ2v) is 9.33. The highest BCUT2D eigenvalue weighted by Crippen LogP contribution is 2.47. The van der Waals surface area contributed by atoms with Crippen molar-refractivity contribution < 1.29 is 14.3 Å². The topological polar surface area (TPSA) is 87.9 Å². The quantitative estimate of drug-likeness (QED) is 0.719. The monoisotopic (exact) mass is 428 g/mol. The summed E-state index contributed by atoms with van der Waals surface area (Å²) >= 11 is 0. The van der Waals surface area contributed by atoms with Crippen LogP contribution >= 0.6 is 0 Å². The van der Waals surface area contributed by atoms with Crippen molar-refractivity contribution in [2.45, 2.75) is 45.2 Å². The fraction of sp³-hybridized carbons (Fsp3) is 0.667. The van der Waals surface area contributed by atoms with Crippen LogP contribution in [0.25, 0.3) is 0 Å². The predicted molar refractivity (Wildman–Crippen MR) is 119 cm³/mol. The molecule has 2 aliphatic heterocycles. The molecule has 0 spiro atoms. The highest BCUT2D eigenvalue weighted by atomic mass is 16.5. The molecule has 3 fully saturated rings. The minimum atomic E-state index is -0.434. The molecule has 7 heteroatoms. The van der Waals surface area contributed by atoms with Gasteiger partial charge in [0.2, 0.25) is 11.8 Å². The maximum atomic E-state index is 13.6. The Balaban J connectivity index is 1.44. The van der Waals surface area contributed by atoms with Crippen molar-refractivity contribution in [3.63, 3.8) is 0 Å². The first-order valence-electron chi connectivity index (χ1n) is 11.7. The van der Waals surface area contributed by atoms with Crippen LogP contribution in [0.15, 0.2) is 24.3 Å². The largest absolute Gasteiger partial charge is 0.379 e. The second-order valence-electron chi connectivity index (χ2n) is 9.33. The lowest BCUT2D eigenvalue weighted by Crippen LogP contribution is -2.60. The Morgan fingerprint density at radius 3 is 2.58 bits per heavy atom. The number of benzene rings is 1. The van der Waals surface area contributed by atoms with Crippen molar-refractivity contribution in [1.29, 1.82) is 0 Å². The van der Waals surface area contributed by atoms with Gasteiger partial charge >= 0.3 is 0 Å². The standard InChI is InChI=1S/C24H36N4O3/c1-2-27-10-8-20-15-21(28-11-13-31-14-12-28)7-9-24(20,17-27)23(30)26-16-18-3-5-19(6-4-18)22(25)29/h3-6,20-21H,2,7-17H2,1H3,(H2,25,29)(H,26,30)/t20-,21+,24-/m1/s1. The van der Waals surface area contributed by atoms with Gasteiger partial charge in [-0.25, -0.2) is 0 Å². The first kappa shape index (κ1) is 22.2. The average Bonchev–Trinajstić information content (AvgIpc) is 2.82. The van der Waals surface area contributed by atoms with E-state index in [0.717, 1.165) is 77.2 Å². The number of rotatable bonds is 6. The van der Waals surface area contributed by atoms with Crippen LogP contribution in [0.5, 0.6) is 0 Å². The predicted octanol–water partition coefficient (Wildman–Crippen LogP) is 1.61. The van der Waals surface area contributed by atoms with Crippen LogP contribution in [0.3, 0.4) is 0 Å². The Kier molecular flexibility index (Phi) is 6.94. The van der Waals surface area contributed by atoms with E-state index in [-0.39, 0.29) is 11.3 Å². The van der Waals surface area contributed by atoms with Crippen LogP contribution in [-0.2, 0) is 16.1 Å². The maximum absolute atomic E-state index is 13.6. The van der Waals surface area contributed by atoms with Crippen LogP contribution in [0.2, 0.25) is 0 Å². The summed E-state index contributed by atoms with van der Waals surface area (Å²) in [5.74, 6) is 0.181. The van der Waals surface area contributed by atoms with Crippen molar-refractivity contribution in [2.75, 3.05) is 45.9 Å². The zero-order chi connectivity index (χ0) is 21.8. The number of carbonyl (C=O) groups excluding carboxylic acids is 2. The molecule has 3 atom stereocenters. The highest BCUT2D eigenvalue weighted by Gasteiger charge is 2.52. The van der Waals surface area contributed by atoms with Crippen LogP contribution < -0.4 is 11.1 Å². The molecule has 1 aliphatic carbocycles. The zero-order valence-electron chi connectivity index (χ0n) is 18.6. The molecule has 0 aromatic heterocycles. The summed E-state index contributed by atoms with van der Waals surface area (Å²) in [6.07, 6.45) is 4.23. The third-order valence-corrected chi connectivity index (χ3v) is 7.71. The van der Waals surface area contributed by atoms with Gasteiger partial charge in [0.15, 0.2) is 0 Å². The maximum Gasteiger partial charge on any atom is 0.248 e. The van der Waals surface area contributed by atoms with E-state index in [1.54, 1.807) is 12.1 Å². The SMILES string of the molecule is CCN1CC[C@@H]2C[C@@H](N3CCOCC3)CC[C@@]2(C(=O)NCc2ccc(C(N)=O)cc2)C1. The minimum Gasteiger partial charge on any atom is -0.379 e. The van der Waals surface area contributed by atoms with Gasteiger partial charge in [0.1, 0.15) is 0 Å². The van der Waals surface area contributed by atoms with Crippen LogP contribution in [0.1, 0.15) is 48.5 Å². The lowest BCUT2D eigenvalue weighted by Gasteiger charge is -2.53. The van der Waals surface area contributed by atoms with Gasteiger partial charge in [-0.05, 0) is 62.4 Å². The van der Waals surface area contributed by atoms with E-state index in [4.69, 9.17) is 10.5 Å². The molecule has 1 aromatic rings. The summed E-state index contributed by atoms with van der Waals surface area (Å²) in [6, 6.07) is 7.74. The van der Waals surface area contributed by atoms with E-state index in [9.17, 15) is 9.59 Å². The number of morpholine rings is 1. The molecular weight excluding hydrogens is 392 g/mol. The number of hydrogen-bond donors (Lipinski definition) is 2. The molecule has 2 saturated heterocycles. The molecular formula is C24H36N4O3. The number of nitrogens with two attached hydrogens (primary N) is 1. The van der Waals surface area contributed by atoms with E-state index in [1.807, 2.05) is 12.1 Å². The smallest absolute Gasteiger partial charge is 0.248 e. The number of primary amides is 1. The normalized spacial score (nSPS) is 29.8. The molecule has 0 bridgehead atoms. The Morgan fingerprint density at radius 1 is 1.16 bits per heavy atom. The number of fused-ring (bicyclic) bond motifs is 1. The first-order valence-corrected chi connectivity index (χ1v) is 11.7. The Labute approximate surface area is 185 Å². The third-order valence-electron chi connectivity index (χ3n) is 7.71. The van der Waals surface area contributed by atoms with Crippen LogP contribution in [0.4, 0.5) is 0 Å². The Hall–Kier alpha value is -1.96. The van der Waals surface area contributed by atoms with Gasteiger partial charge in [0.05, 0.1) is 18.6 Å². The molecule has 3 aliphatic rings. The molecule has 31 heavy (non-hydrogen) atoms. The van der Waals surface area contributed by atoms with Crippen molar-refractivity contribution in [1.82, 2.24) is 15.1 Å². The number of nitrogens with zero attached hydrogens (tertiary/aromatic N) is 2. The number of likely N-dealkylation sites (tertiary alicyclic amines) is 1. The molecule has 1 saturated carbocycles. The molecule has 2 amide bonds. The zero-order valence-corrected chi connectivity index (χ0v) is 18.6. The molecule has 0 radical (unpaired) electrons. The van der Waals surface area contributed by atoms with Gasteiger partial charge < -0.3 is 20.7 Å². The van der Waals surface area contributed by atoms with Crippen molar-refractivity contribution in [3.8, 4) is 0 Å². The van der Waals surface area contributed by atoms with E-state index in [0.29, 0.717) is 24.1 Å². The summed E-state index contributed by atoms with van der Waals surface area (Å²) in [6.45, 7) is 9.27. The molecule has 170 valence electrons. The van der Waals surface area contributed by atoms with E-state index >= 15 is 0 Å². The van der Waals surface area contributed by atoms with Crippen molar-refractivity contribution >= 4 is 11.8 Å². The number of nitrogens with one attached hydrogen (secondary N) is 1. The van der Waals surface area contributed by atoms with Gasteiger partial charge in [-0.15, -0.1) is 0 Å². The average molecular weight is 429 g/mol. The van der Waals surface area contributed by atoms with Crippen molar-refractivity contribution in [2.24, 2.45) is 17.1 Å². The third kappa shape index (κ3) is 4.78. The van der Waals surface area contributed by atoms with E-state index in [1.165, 1.54) is 0 Å². The van der Waals surface area contributed by atoms with Crippen LogP contribution in [0, 0.1) is 11.3 Å². The summed E-state index contributed by atoms with van der Waals surface area (Å²) in [4.78, 5) is 29.9. The summed E-state index contributed by atoms with van der Waals surface area (Å²) in [5, 5.41) is 3.23. The molecule has 7 nitrogen and oxygen atoms in total. The van der Waals surface area contributed by atoms with Crippen molar-refractivity contribution in [3.05, 3.63) is 35.4 Å². The van der Waals surface area contributed by atoms with E-state index < -0.39 is 5.91 Å².